The van der Waals surface area contributed by atoms with Crippen LogP contribution in [0.25, 0.3) is 0 Å². The molecule has 2 heterocycles. The number of ether oxygens (including phenoxy) is 1. The number of aromatic nitrogens is 2. The maximum absolute atomic E-state index is 13.8. The minimum atomic E-state index is -1.06. The summed E-state index contributed by atoms with van der Waals surface area (Å²) in [5, 5.41) is 8.57. The predicted molar refractivity (Wildman–Crippen MR) is 79.1 cm³/mol. The van der Waals surface area contributed by atoms with Crippen molar-refractivity contribution in [2.75, 3.05) is 13.2 Å². The van der Waals surface area contributed by atoms with Crippen LogP contribution in [-0.2, 0) is 4.74 Å². The fourth-order valence-corrected chi connectivity index (χ4v) is 2.81. The number of hydrogen-bond donors (Lipinski definition) is 2. The van der Waals surface area contributed by atoms with E-state index in [0.717, 1.165) is 24.1 Å². The molecule has 0 unspecified atom stereocenters. The molecule has 1 aliphatic rings. The lowest BCUT2D eigenvalue weighted by atomic mass is 9.97. The van der Waals surface area contributed by atoms with Gasteiger partial charge >= 0.3 is 0 Å². The van der Waals surface area contributed by atoms with Crippen molar-refractivity contribution in [3.8, 4) is 0 Å². The van der Waals surface area contributed by atoms with Gasteiger partial charge < -0.3 is 10.1 Å². The topological polar surface area (TPSA) is 67.0 Å². The molecule has 2 atom stereocenters. The highest BCUT2D eigenvalue weighted by Crippen LogP contribution is 2.33. The fourth-order valence-electron chi connectivity index (χ4n) is 2.65. The number of halogens is 3. The Morgan fingerprint density at radius 2 is 2.30 bits per heavy atom. The molecule has 1 amide bonds. The van der Waals surface area contributed by atoms with Crippen molar-refractivity contribution < 1.29 is 18.3 Å². The molecular formula is C15H14ClF2N3O2. The predicted octanol–water partition coefficient (Wildman–Crippen LogP) is 2.85. The van der Waals surface area contributed by atoms with Gasteiger partial charge in [-0.3, -0.25) is 9.89 Å². The normalized spacial score (nSPS) is 20.7. The summed E-state index contributed by atoms with van der Waals surface area (Å²) in [6.07, 6.45) is 4.01. The van der Waals surface area contributed by atoms with Crippen LogP contribution in [0.3, 0.4) is 0 Å². The summed E-state index contributed by atoms with van der Waals surface area (Å²) in [4.78, 5) is 12.1. The standard InChI is InChI=1S/C15H14ClF2N3O2/c16-12-11(17)2-1-10(13(12)18)15(22)19-5-8-3-4-23-14(8)9-6-20-21-7-9/h1-2,6-8,14H,3-5H2,(H,19,22)(H,20,21)/t8-,14+/m1/s1. The Morgan fingerprint density at radius 1 is 1.48 bits per heavy atom. The van der Waals surface area contributed by atoms with E-state index in [1.165, 1.54) is 0 Å². The van der Waals surface area contributed by atoms with E-state index in [-0.39, 0.29) is 17.6 Å². The van der Waals surface area contributed by atoms with E-state index < -0.39 is 22.6 Å². The molecule has 2 N–H and O–H groups in total. The van der Waals surface area contributed by atoms with E-state index >= 15 is 0 Å². The van der Waals surface area contributed by atoms with E-state index in [2.05, 4.69) is 15.5 Å². The third-order valence-electron chi connectivity index (χ3n) is 3.87. The fraction of sp³-hybridized carbons (Fsp3) is 0.333. The molecule has 1 fully saturated rings. The van der Waals surface area contributed by atoms with Gasteiger partial charge in [0.25, 0.3) is 5.91 Å². The number of carbonyl (C=O) groups excluding carboxylic acids is 1. The number of nitrogens with one attached hydrogen (secondary N) is 2. The number of rotatable bonds is 4. The van der Waals surface area contributed by atoms with Gasteiger partial charge in [-0.05, 0) is 18.6 Å². The second kappa shape index (κ2) is 6.64. The molecule has 1 aliphatic heterocycles. The zero-order valence-corrected chi connectivity index (χ0v) is 12.7. The quantitative estimate of drug-likeness (QED) is 0.840. The number of nitrogens with zero attached hydrogens (tertiary/aromatic N) is 1. The maximum Gasteiger partial charge on any atom is 0.254 e. The molecule has 0 radical (unpaired) electrons. The highest BCUT2D eigenvalue weighted by Gasteiger charge is 2.31. The van der Waals surface area contributed by atoms with Gasteiger partial charge in [0.05, 0.1) is 17.9 Å². The van der Waals surface area contributed by atoms with Gasteiger partial charge in [-0.2, -0.15) is 5.10 Å². The molecule has 1 saturated heterocycles. The minimum absolute atomic E-state index is 0.0514. The summed E-state index contributed by atoms with van der Waals surface area (Å²) in [5.41, 5.74) is 0.618. The zero-order valence-electron chi connectivity index (χ0n) is 12.0. The van der Waals surface area contributed by atoms with Crippen LogP contribution in [0.15, 0.2) is 24.5 Å². The summed E-state index contributed by atoms with van der Waals surface area (Å²) in [5.74, 6) is -2.54. The molecule has 0 saturated carbocycles. The van der Waals surface area contributed by atoms with Crippen LogP contribution < -0.4 is 5.32 Å². The summed E-state index contributed by atoms with van der Waals surface area (Å²) >= 11 is 5.48. The Labute approximate surface area is 136 Å². The first-order chi connectivity index (χ1) is 11.1. The van der Waals surface area contributed by atoms with E-state index in [4.69, 9.17) is 16.3 Å². The first-order valence-electron chi connectivity index (χ1n) is 7.10. The summed E-state index contributed by atoms with van der Waals surface area (Å²) < 4.78 is 32.6. The van der Waals surface area contributed by atoms with Crippen molar-refractivity contribution in [2.24, 2.45) is 5.92 Å². The molecule has 1 aromatic heterocycles. The molecule has 0 spiro atoms. The molecule has 1 aromatic carbocycles. The number of benzene rings is 1. The molecular weight excluding hydrogens is 328 g/mol. The molecule has 3 rings (SSSR count). The van der Waals surface area contributed by atoms with Crippen LogP contribution in [0.4, 0.5) is 8.78 Å². The number of hydrogen-bond acceptors (Lipinski definition) is 3. The monoisotopic (exact) mass is 341 g/mol. The zero-order chi connectivity index (χ0) is 16.4. The number of amides is 1. The Bertz CT molecular complexity index is 709. The van der Waals surface area contributed by atoms with Crippen molar-refractivity contribution in [2.45, 2.75) is 12.5 Å². The lowest BCUT2D eigenvalue weighted by Gasteiger charge is -2.18. The third-order valence-corrected chi connectivity index (χ3v) is 4.21. The van der Waals surface area contributed by atoms with E-state index in [1.54, 1.807) is 12.4 Å². The van der Waals surface area contributed by atoms with Crippen molar-refractivity contribution in [1.82, 2.24) is 15.5 Å². The Kier molecular flexibility index (Phi) is 4.58. The van der Waals surface area contributed by atoms with Gasteiger partial charge in [0, 0.05) is 30.8 Å². The van der Waals surface area contributed by atoms with Crippen molar-refractivity contribution in [3.05, 3.63) is 52.3 Å². The van der Waals surface area contributed by atoms with Gasteiger partial charge in [-0.25, -0.2) is 8.78 Å². The van der Waals surface area contributed by atoms with Crippen LogP contribution in [0.1, 0.15) is 28.4 Å². The molecule has 5 nitrogen and oxygen atoms in total. The van der Waals surface area contributed by atoms with Crippen molar-refractivity contribution >= 4 is 17.5 Å². The summed E-state index contributed by atoms with van der Waals surface area (Å²) in [7, 11) is 0. The Morgan fingerprint density at radius 3 is 3.04 bits per heavy atom. The lowest BCUT2D eigenvalue weighted by molar-refractivity contribution is 0.0844. The van der Waals surface area contributed by atoms with E-state index in [0.29, 0.717) is 13.2 Å². The van der Waals surface area contributed by atoms with Gasteiger partial charge in [-0.15, -0.1) is 0 Å². The van der Waals surface area contributed by atoms with E-state index in [9.17, 15) is 13.6 Å². The minimum Gasteiger partial charge on any atom is -0.373 e. The lowest BCUT2D eigenvalue weighted by Crippen LogP contribution is -2.31. The maximum atomic E-state index is 13.8. The molecule has 8 heteroatoms. The van der Waals surface area contributed by atoms with Gasteiger partial charge in [0.2, 0.25) is 0 Å². The average Bonchev–Trinajstić information content (AvgIpc) is 3.21. The summed E-state index contributed by atoms with van der Waals surface area (Å²) in [6.45, 7) is 0.885. The first kappa shape index (κ1) is 15.9. The smallest absolute Gasteiger partial charge is 0.254 e. The third kappa shape index (κ3) is 3.20. The second-order valence-corrected chi connectivity index (χ2v) is 5.68. The molecule has 0 aliphatic carbocycles. The highest BCUT2D eigenvalue weighted by molar-refractivity contribution is 6.31. The molecule has 0 bridgehead atoms. The van der Waals surface area contributed by atoms with Crippen LogP contribution in [0.2, 0.25) is 5.02 Å². The van der Waals surface area contributed by atoms with Gasteiger partial charge in [0.15, 0.2) is 5.82 Å². The van der Waals surface area contributed by atoms with E-state index in [1.807, 2.05) is 0 Å². The van der Waals surface area contributed by atoms with Crippen molar-refractivity contribution in [1.29, 1.82) is 0 Å². The van der Waals surface area contributed by atoms with Crippen molar-refractivity contribution in [3.63, 3.8) is 0 Å². The Hall–Kier alpha value is -1.99. The average molecular weight is 342 g/mol. The highest BCUT2D eigenvalue weighted by atomic mass is 35.5. The SMILES string of the molecule is O=C(NC[C@H]1CCO[C@@H]1c1cn[nH]c1)c1ccc(F)c(Cl)c1F. The van der Waals surface area contributed by atoms with Crippen LogP contribution in [0.5, 0.6) is 0 Å². The molecule has 23 heavy (non-hydrogen) atoms. The van der Waals surface area contributed by atoms with Crippen LogP contribution >= 0.6 is 11.6 Å². The second-order valence-electron chi connectivity index (χ2n) is 5.30. The van der Waals surface area contributed by atoms with Crippen LogP contribution in [0, 0.1) is 17.6 Å². The largest absolute Gasteiger partial charge is 0.373 e. The number of carbonyl (C=O) groups is 1. The Balaban J connectivity index is 1.66. The molecule has 2 aromatic rings. The van der Waals surface area contributed by atoms with Crippen LogP contribution in [-0.4, -0.2) is 29.3 Å². The number of aromatic amines is 1. The van der Waals surface area contributed by atoms with Gasteiger partial charge in [0.1, 0.15) is 10.8 Å². The number of H-pyrrole nitrogens is 1. The van der Waals surface area contributed by atoms with Gasteiger partial charge in [-0.1, -0.05) is 11.6 Å². The first-order valence-corrected chi connectivity index (χ1v) is 7.47. The molecule has 122 valence electrons. The summed E-state index contributed by atoms with van der Waals surface area (Å²) in [6, 6.07) is 2.04.